The summed E-state index contributed by atoms with van der Waals surface area (Å²) in [6, 6.07) is 21.7. The fourth-order valence-corrected chi connectivity index (χ4v) is 5.07. The Morgan fingerprint density at radius 1 is 1.06 bits per heavy atom. The number of thiazole rings is 1. The first-order valence-electron chi connectivity index (χ1n) is 9.95. The number of hydrogen-bond acceptors (Lipinski definition) is 4. The van der Waals surface area contributed by atoms with Crippen LogP contribution in [0.4, 0.5) is 5.13 Å². The molecule has 4 nitrogen and oxygen atoms in total. The number of anilines is 1. The summed E-state index contributed by atoms with van der Waals surface area (Å²) in [6.07, 6.45) is 1.88. The van der Waals surface area contributed by atoms with Crippen LogP contribution in [0.25, 0.3) is 21.0 Å². The van der Waals surface area contributed by atoms with E-state index in [-0.39, 0.29) is 12.3 Å². The zero-order valence-electron chi connectivity index (χ0n) is 16.8. The lowest BCUT2D eigenvalue weighted by Gasteiger charge is -2.19. The molecule has 5 rings (SSSR count). The van der Waals surface area contributed by atoms with Crippen LogP contribution in [0.15, 0.2) is 77.4 Å². The SMILES string of the molecule is Cc1ccc(Cl)c2sc(N(Cc3ccco3)C(=O)Cc3cccc4ccccc34)nc12. The van der Waals surface area contributed by atoms with Crippen molar-refractivity contribution in [3.8, 4) is 0 Å². The van der Waals surface area contributed by atoms with Gasteiger partial charge in [-0.1, -0.05) is 71.5 Å². The molecule has 0 aliphatic carbocycles. The fraction of sp³-hybridized carbons (Fsp3) is 0.120. The fourth-order valence-electron chi connectivity index (χ4n) is 3.73. The molecule has 0 saturated heterocycles. The van der Waals surface area contributed by atoms with E-state index < -0.39 is 0 Å². The highest BCUT2D eigenvalue weighted by Gasteiger charge is 2.23. The number of benzene rings is 3. The molecule has 0 fully saturated rings. The van der Waals surface area contributed by atoms with Crippen LogP contribution in [0.1, 0.15) is 16.9 Å². The third kappa shape index (κ3) is 3.82. The highest BCUT2D eigenvalue weighted by molar-refractivity contribution is 7.23. The van der Waals surface area contributed by atoms with Crippen LogP contribution < -0.4 is 4.90 Å². The van der Waals surface area contributed by atoms with Gasteiger partial charge in [0.25, 0.3) is 0 Å². The Hall–Kier alpha value is -3.15. The van der Waals surface area contributed by atoms with Gasteiger partial charge >= 0.3 is 0 Å². The lowest BCUT2D eigenvalue weighted by Crippen LogP contribution is -2.31. The van der Waals surface area contributed by atoms with Gasteiger partial charge in [-0.25, -0.2) is 4.98 Å². The smallest absolute Gasteiger partial charge is 0.233 e. The van der Waals surface area contributed by atoms with Crippen molar-refractivity contribution in [3.05, 3.63) is 94.9 Å². The summed E-state index contributed by atoms with van der Waals surface area (Å²) in [6.45, 7) is 2.31. The van der Waals surface area contributed by atoms with E-state index in [1.165, 1.54) is 11.3 Å². The molecule has 0 aliphatic heterocycles. The largest absolute Gasteiger partial charge is 0.467 e. The summed E-state index contributed by atoms with van der Waals surface area (Å²) in [5, 5.41) is 3.46. The maximum absolute atomic E-state index is 13.5. The van der Waals surface area contributed by atoms with E-state index in [1.54, 1.807) is 11.2 Å². The second-order valence-corrected chi connectivity index (χ2v) is 8.80. The molecule has 0 atom stereocenters. The van der Waals surface area contributed by atoms with Crippen LogP contribution in [-0.4, -0.2) is 10.9 Å². The van der Waals surface area contributed by atoms with Crippen molar-refractivity contribution in [2.24, 2.45) is 0 Å². The van der Waals surface area contributed by atoms with E-state index in [0.717, 1.165) is 32.1 Å². The van der Waals surface area contributed by atoms with Crippen molar-refractivity contribution in [1.29, 1.82) is 0 Å². The highest BCUT2D eigenvalue weighted by atomic mass is 35.5. The van der Waals surface area contributed by atoms with Gasteiger partial charge in [0.15, 0.2) is 5.13 Å². The third-order valence-electron chi connectivity index (χ3n) is 5.33. The molecule has 5 aromatic rings. The molecule has 3 aromatic carbocycles. The molecule has 0 bridgehead atoms. The van der Waals surface area contributed by atoms with E-state index >= 15 is 0 Å². The molecule has 0 radical (unpaired) electrons. The quantitative estimate of drug-likeness (QED) is 0.299. The van der Waals surface area contributed by atoms with E-state index in [2.05, 4.69) is 18.2 Å². The zero-order valence-corrected chi connectivity index (χ0v) is 18.4. The summed E-state index contributed by atoms with van der Waals surface area (Å²) in [5.74, 6) is 0.661. The van der Waals surface area contributed by atoms with Gasteiger partial charge in [-0.3, -0.25) is 9.69 Å². The molecule has 6 heteroatoms. The molecule has 0 spiro atoms. The Morgan fingerprint density at radius 2 is 1.90 bits per heavy atom. The van der Waals surface area contributed by atoms with Gasteiger partial charge in [-0.05, 0) is 47.0 Å². The Balaban J connectivity index is 1.55. The van der Waals surface area contributed by atoms with Crippen molar-refractivity contribution in [2.45, 2.75) is 19.9 Å². The van der Waals surface area contributed by atoms with E-state index in [4.69, 9.17) is 21.0 Å². The van der Waals surface area contributed by atoms with Crippen LogP contribution in [0.2, 0.25) is 5.02 Å². The summed E-state index contributed by atoms with van der Waals surface area (Å²) in [4.78, 5) is 20.0. The van der Waals surface area contributed by atoms with Gasteiger partial charge in [0, 0.05) is 0 Å². The molecule has 1 amide bonds. The summed E-state index contributed by atoms with van der Waals surface area (Å²) < 4.78 is 6.42. The topological polar surface area (TPSA) is 46.3 Å². The molecule has 0 N–H and O–H groups in total. The van der Waals surface area contributed by atoms with E-state index in [0.29, 0.717) is 22.5 Å². The Kier molecular flexibility index (Phi) is 5.22. The summed E-state index contributed by atoms with van der Waals surface area (Å²) >= 11 is 7.84. The molecule has 0 unspecified atom stereocenters. The highest BCUT2D eigenvalue weighted by Crippen LogP contribution is 2.36. The predicted octanol–water partition coefficient (Wildman–Crippen LogP) is 6.78. The lowest BCUT2D eigenvalue weighted by atomic mass is 10.0. The molecule has 0 aliphatic rings. The number of amides is 1. The predicted molar refractivity (Wildman–Crippen MR) is 127 cm³/mol. The van der Waals surface area contributed by atoms with Crippen LogP contribution in [0.5, 0.6) is 0 Å². The second-order valence-electron chi connectivity index (χ2n) is 7.41. The molecular formula is C25H19ClN2O2S. The van der Waals surface area contributed by atoms with Crippen molar-refractivity contribution in [1.82, 2.24) is 4.98 Å². The minimum Gasteiger partial charge on any atom is -0.467 e. The number of nitrogens with zero attached hydrogens (tertiary/aromatic N) is 2. The number of fused-ring (bicyclic) bond motifs is 2. The maximum atomic E-state index is 13.5. The van der Waals surface area contributed by atoms with Gasteiger partial charge in [0.05, 0.1) is 34.5 Å². The first-order valence-corrected chi connectivity index (χ1v) is 11.1. The number of carbonyl (C=O) groups is 1. The number of aromatic nitrogens is 1. The summed E-state index contributed by atoms with van der Waals surface area (Å²) in [5.41, 5.74) is 2.85. The zero-order chi connectivity index (χ0) is 21.4. The number of hydrogen-bond donors (Lipinski definition) is 0. The first kappa shape index (κ1) is 19.8. The molecule has 0 saturated carbocycles. The monoisotopic (exact) mass is 446 g/mol. The normalized spacial score (nSPS) is 11.3. The molecule has 154 valence electrons. The maximum Gasteiger partial charge on any atom is 0.233 e. The standard InChI is InChI=1S/C25H19ClN2O2S/c1-16-11-12-21(26)24-23(16)27-25(31-24)28(15-19-9-5-13-30-19)22(29)14-18-8-4-7-17-6-2-3-10-20(17)18/h2-13H,14-15H2,1H3. The van der Waals surface area contributed by atoms with Crippen LogP contribution in [0.3, 0.4) is 0 Å². The van der Waals surface area contributed by atoms with E-state index in [1.807, 2.05) is 55.5 Å². The van der Waals surface area contributed by atoms with Crippen molar-refractivity contribution >= 4 is 55.0 Å². The minimum atomic E-state index is -0.0411. The number of rotatable bonds is 5. The average Bonchev–Trinajstić information content (AvgIpc) is 3.45. The molecule has 31 heavy (non-hydrogen) atoms. The molecular weight excluding hydrogens is 428 g/mol. The summed E-state index contributed by atoms with van der Waals surface area (Å²) in [7, 11) is 0. The second kappa shape index (κ2) is 8.17. The number of halogens is 1. The van der Waals surface area contributed by atoms with Gasteiger partial charge in [0.2, 0.25) is 5.91 Å². The average molecular weight is 447 g/mol. The van der Waals surface area contributed by atoms with Crippen LogP contribution >= 0.6 is 22.9 Å². The van der Waals surface area contributed by atoms with Crippen LogP contribution in [-0.2, 0) is 17.8 Å². The van der Waals surface area contributed by atoms with Crippen molar-refractivity contribution in [3.63, 3.8) is 0 Å². The van der Waals surface area contributed by atoms with Gasteiger partial charge in [0.1, 0.15) is 5.76 Å². The minimum absolute atomic E-state index is 0.0411. The molecule has 2 aromatic heterocycles. The third-order valence-corrected chi connectivity index (χ3v) is 6.87. The van der Waals surface area contributed by atoms with Gasteiger partial charge in [-0.2, -0.15) is 0 Å². The Labute approximate surface area is 188 Å². The first-order chi connectivity index (χ1) is 15.1. The van der Waals surface area contributed by atoms with Gasteiger partial charge in [-0.15, -0.1) is 0 Å². The van der Waals surface area contributed by atoms with E-state index in [9.17, 15) is 4.79 Å². The Bertz CT molecular complexity index is 1350. The van der Waals surface area contributed by atoms with Crippen LogP contribution in [0, 0.1) is 6.92 Å². The number of furan rings is 1. The number of carbonyl (C=O) groups excluding carboxylic acids is 1. The van der Waals surface area contributed by atoms with Gasteiger partial charge < -0.3 is 4.42 Å². The van der Waals surface area contributed by atoms with Crippen molar-refractivity contribution < 1.29 is 9.21 Å². The number of aryl methyl sites for hydroxylation is 1. The molecule has 2 heterocycles. The Morgan fingerprint density at radius 3 is 2.71 bits per heavy atom. The van der Waals surface area contributed by atoms with Crippen molar-refractivity contribution in [2.75, 3.05) is 4.90 Å². The lowest BCUT2D eigenvalue weighted by molar-refractivity contribution is -0.118.